The number of carbonyl (C=O) groups excluding carboxylic acids is 2. The van der Waals surface area contributed by atoms with Crippen molar-refractivity contribution in [1.29, 1.82) is 0 Å². The molecule has 0 aliphatic carbocycles. The minimum Gasteiger partial charge on any atom is -0.508 e. The van der Waals surface area contributed by atoms with E-state index in [0.29, 0.717) is 11.1 Å². The average Bonchev–Trinajstić information content (AvgIpc) is 3.29. The highest BCUT2D eigenvalue weighted by Crippen LogP contribution is 2.53. The summed E-state index contributed by atoms with van der Waals surface area (Å²) < 4.78 is 6.38. The van der Waals surface area contributed by atoms with Crippen molar-refractivity contribution in [2.24, 2.45) is 11.8 Å². The topological polar surface area (TPSA) is 165 Å². The van der Waals surface area contributed by atoms with Crippen LogP contribution in [0.25, 0.3) is 0 Å². The van der Waals surface area contributed by atoms with Gasteiger partial charge in [-0.1, -0.05) is 24.3 Å². The lowest BCUT2D eigenvalue weighted by Crippen LogP contribution is -2.31. The van der Waals surface area contributed by atoms with Gasteiger partial charge in [-0.15, -0.1) is 0 Å². The van der Waals surface area contributed by atoms with E-state index >= 15 is 0 Å². The van der Waals surface area contributed by atoms with Crippen molar-refractivity contribution >= 4 is 11.6 Å². The molecule has 5 rings (SSSR count). The maximum absolute atomic E-state index is 14.1. The van der Waals surface area contributed by atoms with E-state index in [2.05, 4.69) is 0 Å². The molecule has 0 aromatic heterocycles. The monoisotopic (exact) mass is 528 g/mol. The lowest BCUT2D eigenvalue weighted by molar-refractivity contribution is 0.0266. The third-order valence-electron chi connectivity index (χ3n) is 6.87. The number of hydrogen-bond donors (Lipinski definition) is 6. The highest BCUT2D eigenvalue weighted by molar-refractivity contribution is 6.08. The molecule has 4 aromatic rings. The van der Waals surface area contributed by atoms with Gasteiger partial charge in [0, 0.05) is 12.1 Å². The summed E-state index contributed by atoms with van der Waals surface area (Å²) in [4.78, 5) is 28.2. The zero-order chi connectivity index (χ0) is 27.8. The lowest BCUT2D eigenvalue weighted by atomic mass is 9.74. The molecule has 6 N–H and O–H groups in total. The summed E-state index contributed by atoms with van der Waals surface area (Å²) in [7, 11) is 0. The second kappa shape index (κ2) is 10.0. The summed E-state index contributed by atoms with van der Waals surface area (Å²) >= 11 is 0. The third-order valence-corrected chi connectivity index (χ3v) is 6.87. The van der Waals surface area contributed by atoms with Gasteiger partial charge in [-0.3, -0.25) is 9.59 Å². The number of phenols is 6. The molecule has 1 aliphatic heterocycles. The van der Waals surface area contributed by atoms with Gasteiger partial charge in [-0.25, -0.2) is 0 Å². The van der Waals surface area contributed by atoms with Crippen LogP contribution >= 0.6 is 0 Å². The smallest absolute Gasteiger partial charge is 0.173 e. The molecule has 9 heteroatoms. The van der Waals surface area contributed by atoms with Crippen LogP contribution in [-0.2, 0) is 4.74 Å². The van der Waals surface area contributed by atoms with Crippen molar-refractivity contribution in [2.75, 3.05) is 0 Å². The number of hydrogen-bond acceptors (Lipinski definition) is 9. The van der Waals surface area contributed by atoms with Crippen LogP contribution in [0.4, 0.5) is 0 Å². The summed E-state index contributed by atoms with van der Waals surface area (Å²) in [6, 6.07) is 18.8. The first-order chi connectivity index (χ1) is 18.6. The molecule has 0 bridgehead atoms. The fraction of sp³-hybridized carbons (Fsp3) is 0.133. The second-order valence-electron chi connectivity index (χ2n) is 9.34. The first-order valence-corrected chi connectivity index (χ1v) is 12.0. The Labute approximate surface area is 222 Å². The quantitative estimate of drug-likeness (QED) is 0.194. The standard InChI is InChI=1S/C30H24O9/c31-17-5-1-15(2-6-17)29-25(27(37)21-11-9-19(33)13-23(21)35)26(28(38)22-12-10-20(34)14-24(22)36)30(39-29)16-3-7-18(32)8-4-16/h1-14,25-26,29-36H/t25-,26-,29-,30+/m1/s1. The van der Waals surface area contributed by atoms with E-state index in [9.17, 15) is 40.2 Å². The maximum atomic E-state index is 14.1. The van der Waals surface area contributed by atoms with E-state index in [1.54, 1.807) is 24.3 Å². The van der Waals surface area contributed by atoms with Gasteiger partial charge in [0.2, 0.25) is 0 Å². The molecule has 0 spiro atoms. The lowest BCUT2D eigenvalue weighted by Gasteiger charge is -2.23. The highest BCUT2D eigenvalue weighted by Gasteiger charge is 2.53. The number of rotatable bonds is 6. The molecule has 198 valence electrons. The Morgan fingerprint density at radius 2 is 0.821 bits per heavy atom. The molecule has 39 heavy (non-hydrogen) atoms. The van der Waals surface area contributed by atoms with Crippen LogP contribution < -0.4 is 0 Å². The van der Waals surface area contributed by atoms with E-state index in [1.807, 2.05) is 0 Å². The van der Waals surface area contributed by atoms with Crippen molar-refractivity contribution in [2.45, 2.75) is 12.2 Å². The normalized spacial score (nSPS) is 20.5. The fourth-order valence-electron chi connectivity index (χ4n) is 5.02. The van der Waals surface area contributed by atoms with E-state index < -0.39 is 47.1 Å². The largest absolute Gasteiger partial charge is 0.508 e. The van der Waals surface area contributed by atoms with Crippen molar-refractivity contribution in [3.8, 4) is 34.5 Å². The van der Waals surface area contributed by atoms with Gasteiger partial charge in [0.15, 0.2) is 11.6 Å². The van der Waals surface area contributed by atoms with Crippen molar-refractivity contribution in [3.63, 3.8) is 0 Å². The molecule has 4 atom stereocenters. The predicted octanol–water partition coefficient (Wildman–Crippen LogP) is 4.73. The van der Waals surface area contributed by atoms with E-state index in [4.69, 9.17) is 4.74 Å². The third kappa shape index (κ3) is 4.83. The van der Waals surface area contributed by atoms with E-state index in [-0.39, 0.29) is 34.1 Å². The Bertz CT molecular complexity index is 1430. The molecule has 1 saturated heterocycles. The summed E-state index contributed by atoms with van der Waals surface area (Å²) in [6.45, 7) is 0. The minimum absolute atomic E-state index is 0.0208. The number of Topliss-reactive ketones (excluding diaryl/α,β-unsaturated/α-hetero) is 2. The van der Waals surface area contributed by atoms with E-state index in [1.165, 1.54) is 48.5 Å². The molecule has 1 heterocycles. The van der Waals surface area contributed by atoms with Crippen LogP contribution in [-0.4, -0.2) is 42.2 Å². The van der Waals surface area contributed by atoms with Crippen molar-refractivity contribution in [1.82, 2.24) is 0 Å². The van der Waals surface area contributed by atoms with Crippen molar-refractivity contribution < 1.29 is 45.0 Å². The molecular formula is C30H24O9. The number of benzene rings is 4. The number of ether oxygens (including phenoxy) is 1. The SMILES string of the molecule is O=C(c1ccc(O)cc1O)[C@H]1[C@H](C(=O)c2ccc(O)cc2O)[C@H](c2ccc(O)cc2)O[C@@H]1c1ccc(O)cc1. The van der Waals surface area contributed by atoms with Gasteiger partial charge < -0.3 is 35.4 Å². The van der Waals surface area contributed by atoms with E-state index in [0.717, 1.165) is 12.1 Å². The minimum atomic E-state index is -1.23. The Kier molecular flexibility index (Phi) is 6.59. The van der Waals surface area contributed by atoms with Gasteiger partial charge in [-0.05, 0) is 59.7 Å². The molecule has 1 fully saturated rings. The molecule has 0 saturated carbocycles. The summed E-state index contributed by atoms with van der Waals surface area (Å²) in [6.07, 6.45) is -2.06. The Hall–Kier alpha value is -5.02. The number of phenolic OH excluding ortho intramolecular Hbond substituents is 6. The van der Waals surface area contributed by atoms with Gasteiger partial charge in [0.25, 0.3) is 0 Å². The molecule has 9 nitrogen and oxygen atoms in total. The summed E-state index contributed by atoms with van der Waals surface area (Å²) in [5, 5.41) is 60.2. The van der Waals surface area contributed by atoms with Crippen LogP contribution in [0, 0.1) is 11.8 Å². The summed E-state index contributed by atoms with van der Waals surface area (Å²) in [5.41, 5.74) is 0.644. The average molecular weight is 529 g/mol. The number of carbonyl (C=O) groups is 2. The maximum Gasteiger partial charge on any atom is 0.173 e. The predicted molar refractivity (Wildman–Crippen MR) is 138 cm³/mol. The Balaban J connectivity index is 1.71. The van der Waals surface area contributed by atoms with Gasteiger partial charge in [0.05, 0.1) is 35.2 Å². The second-order valence-corrected chi connectivity index (χ2v) is 9.34. The van der Waals surface area contributed by atoms with Crippen LogP contribution in [0.1, 0.15) is 44.1 Å². The van der Waals surface area contributed by atoms with Gasteiger partial charge in [0.1, 0.15) is 34.5 Å². The Morgan fingerprint density at radius 3 is 1.15 bits per heavy atom. The number of ketones is 2. The highest BCUT2D eigenvalue weighted by atomic mass is 16.5. The van der Waals surface area contributed by atoms with Gasteiger partial charge >= 0.3 is 0 Å². The van der Waals surface area contributed by atoms with Gasteiger partial charge in [-0.2, -0.15) is 0 Å². The zero-order valence-corrected chi connectivity index (χ0v) is 20.3. The first kappa shape index (κ1) is 25.6. The van der Waals surface area contributed by atoms with Crippen LogP contribution in [0.15, 0.2) is 84.9 Å². The molecule has 0 unspecified atom stereocenters. The molecule has 0 amide bonds. The molecular weight excluding hydrogens is 504 g/mol. The van der Waals surface area contributed by atoms with Crippen LogP contribution in [0.5, 0.6) is 34.5 Å². The Morgan fingerprint density at radius 1 is 0.487 bits per heavy atom. The molecule has 4 aromatic carbocycles. The number of aromatic hydroxyl groups is 6. The van der Waals surface area contributed by atoms with Crippen LogP contribution in [0.3, 0.4) is 0 Å². The zero-order valence-electron chi connectivity index (χ0n) is 20.3. The molecule has 0 radical (unpaired) electrons. The first-order valence-electron chi connectivity index (χ1n) is 12.0. The van der Waals surface area contributed by atoms with Crippen molar-refractivity contribution in [3.05, 3.63) is 107 Å². The fourth-order valence-corrected chi connectivity index (χ4v) is 5.02. The summed E-state index contributed by atoms with van der Waals surface area (Å²) in [5.74, 6) is -5.30. The van der Waals surface area contributed by atoms with Crippen LogP contribution in [0.2, 0.25) is 0 Å². The molecule has 1 aliphatic rings.